The van der Waals surface area contributed by atoms with E-state index in [1.807, 2.05) is 30.3 Å². The molecular weight excluding hydrogens is 291 g/mol. The van der Waals surface area contributed by atoms with E-state index in [4.69, 9.17) is 16.3 Å². The van der Waals surface area contributed by atoms with Gasteiger partial charge in [-0.15, -0.1) is 0 Å². The first-order chi connectivity index (χ1) is 7.75. The molecule has 0 saturated heterocycles. The molecule has 0 saturated carbocycles. The van der Waals surface area contributed by atoms with Crippen molar-refractivity contribution in [2.45, 2.75) is 6.61 Å². The summed E-state index contributed by atoms with van der Waals surface area (Å²) in [5.41, 5.74) is 1.07. The number of benzene rings is 1. The Balaban J connectivity index is 2.03. The van der Waals surface area contributed by atoms with Crippen molar-refractivity contribution >= 4 is 27.5 Å². The summed E-state index contributed by atoms with van der Waals surface area (Å²) in [5.74, 6) is 0.414. The molecule has 0 N–H and O–H groups in total. The highest BCUT2D eigenvalue weighted by molar-refractivity contribution is 9.10. The topological polar surface area (TPSA) is 35.0 Å². The maximum atomic E-state index is 5.80. The third kappa shape index (κ3) is 2.93. The number of hydrogen-bond donors (Lipinski definition) is 0. The molecule has 16 heavy (non-hydrogen) atoms. The van der Waals surface area contributed by atoms with Gasteiger partial charge in [-0.05, 0) is 21.5 Å². The van der Waals surface area contributed by atoms with Crippen molar-refractivity contribution < 1.29 is 4.74 Å². The van der Waals surface area contributed by atoms with Gasteiger partial charge in [0.1, 0.15) is 11.2 Å². The highest BCUT2D eigenvalue weighted by Crippen LogP contribution is 2.20. The van der Waals surface area contributed by atoms with Crippen LogP contribution in [-0.2, 0) is 6.61 Å². The van der Waals surface area contributed by atoms with Gasteiger partial charge in [0.05, 0.1) is 6.20 Å². The van der Waals surface area contributed by atoms with Gasteiger partial charge in [-0.3, -0.25) is 0 Å². The smallest absolute Gasteiger partial charge is 0.234 e. The van der Waals surface area contributed by atoms with Crippen LogP contribution in [0.5, 0.6) is 5.88 Å². The van der Waals surface area contributed by atoms with E-state index in [0.29, 0.717) is 22.2 Å². The minimum absolute atomic E-state index is 0.297. The molecule has 2 aromatic rings. The fourth-order valence-electron chi connectivity index (χ4n) is 1.14. The summed E-state index contributed by atoms with van der Waals surface area (Å²) >= 11 is 8.96. The average molecular weight is 300 g/mol. The lowest BCUT2D eigenvalue weighted by Crippen LogP contribution is -1.98. The molecule has 0 fully saturated rings. The molecule has 82 valence electrons. The second-order valence-corrected chi connectivity index (χ2v) is 4.17. The van der Waals surface area contributed by atoms with Gasteiger partial charge in [0.25, 0.3) is 0 Å². The first kappa shape index (κ1) is 11.4. The number of rotatable bonds is 3. The fourth-order valence-corrected chi connectivity index (χ4v) is 1.46. The Morgan fingerprint density at radius 2 is 2.00 bits per heavy atom. The zero-order valence-corrected chi connectivity index (χ0v) is 10.6. The van der Waals surface area contributed by atoms with Crippen LogP contribution in [0.2, 0.25) is 5.15 Å². The number of nitrogens with zero attached hydrogens (tertiary/aromatic N) is 2. The van der Waals surface area contributed by atoms with Gasteiger partial charge >= 0.3 is 0 Å². The van der Waals surface area contributed by atoms with Crippen molar-refractivity contribution in [2.75, 3.05) is 0 Å². The highest BCUT2D eigenvalue weighted by Gasteiger charge is 2.03. The number of ether oxygens (including phenoxy) is 1. The second-order valence-electron chi connectivity index (χ2n) is 3.06. The van der Waals surface area contributed by atoms with Crippen molar-refractivity contribution in [2.24, 2.45) is 0 Å². The van der Waals surface area contributed by atoms with Crippen LogP contribution in [0.15, 0.2) is 41.1 Å². The Kier molecular flexibility index (Phi) is 3.74. The van der Waals surface area contributed by atoms with Gasteiger partial charge in [0.2, 0.25) is 5.88 Å². The Bertz CT molecular complexity index is 479. The first-order valence-electron chi connectivity index (χ1n) is 4.60. The molecule has 1 aromatic heterocycles. The largest absolute Gasteiger partial charge is 0.472 e. The van der Waals surface area contributed by atoms with Gasteiger partial charge in [-0.1, -0.05) is 41.9 Å². The predicted octanol–water partition coefficient (Wildman–Crippen LogP) is 3.47. The Morgan fingerprint density at radius 3 is 2.69 bits per heavy atom. The quantitative estimate of drug-likeness (QED) is 0.870. The summed E-state index contributed by atoms with van der Waals surface area (Å²) in [7, 11) is 0. The lowest BCUT2D eigenvalue weighted by Gasteiger charge is -2.05. The van der Waals surface area contributed by atoms with E-state index in [-0.39, 0.29) is 0 Å². The lowest BCUT2D eigenvalue weighted by molar-refractivity contribution is 0.292. The molecule has 5 heteroatoms. The third-order valence-electron chi connectivity index (χ3n) is 1.90. The van der Waals surface area contributed by atoms with E-state index < -0.39 is 0 Å². The average Bonchev–Trinajstić information content (AvgIpc) is 2.32. The normalized spacial score (nSPS) is 10.1. The molecule has 0 unspecified atom stereocenters. The van der Waals surface area contributed by atoms with E-state index in [2.05, 4.69) is 25.9 Å². The van der Waals surface area contributed by atoms with E-state index in [9.17, 15) is 0 Å². The molecular formula is C11H8BrClN2O. The van der Waals surface area contributed by atoms with Crippen LogP contribution in [-0.4, -0.2) is 9.97 Å². The van der Waals surface area contributed by atoms with Crippen LogP contribution in [0.3, 0.4) is 0 Å². The SMILES string of the molecule is Clc1nc(OCc2ccccc2)cnc1Br. The van der Waals surface area contributed by atoms with Gasteiger partial charge in [-0.25, -0.2) is 4.98 Å². The molecule has 0 amide bonds. The summed E-state index contributed by atoms with van der Waals surface area (Å²) in [4.78, 5) is 8.01. The van der Waals surface area contributed by atoms with Crippen LogP contribution in [0.25, 0.3) is 0 Å². The molecule has 0 radical (unpaired) electrons. The van der Waals surface area contributed by atoms with Crippen molar-refractivity contribution in [1.29, 1.82) is 0 Å². The Morgan fingerprint density at radius 1 is 1.25 bits per heavy atom. The molecule has 0 bridgehead atoms. The summed E-state index contributed by atoms with van der Waals surface area (Å²) in [6.07, 6.45) is 1.53. The van der Waals surface area contributed by atoms with Gasteiger partial charge in [-0.2, -0.15) is 4.98 Å². The van der Waals surface area contributed by atoms with Crippen LogP contribution >= 0.6 is 27.5 Å². The summed E-state index contributed by atoms with van der Waals surface area (Å²) in [6.45, 7) is 0.452. The second kappa shape index (κ2) is 5.27. The van der Waals surface area contributed by atoms with Gasteiger partial charge < -0.3 is 4.74 Å². The summed E-state index contributed by atoms with van der Waals surface area (Å²) < 4.78 is 5.96. The van der Waals surface area contributed by atoms with Gasteiger partial charge in [0, 0.05) is 0 Å². The van der Waals surface area contributed by atoms with E-state index in [0.717, 1.165) is 5.56 Å². The zero-order chi connectivity index (χ0) is 11.4. The van der Waals surface area contributed by atoms with E-state index in [1.165, 1.54) is 6.20 Å². The third-order valence-corrected chi connectivity index (χ3v) is 2.97. The van der Waals surface area contributed by atoms with Crippen molar-refractivity contribution in [3.8, 4) is 5.88 Å². The number of aromatic nitrogens is 2. The van der Waals surface area contributed by atoms with Crippen molar-refractivity contribution in [1.82, 2.24) is 9.97 Å². The number of halogens is 2. The van der Waals surface area contributed by atoms with Crippen LogP contribution < -0.4 is 4.74 Å². The summed E-state index contributed by atoms with van der Waals surface area (Å²) in [5, 5.41) is 0.297. The van der Waals surface area contributed by atoms with Gasteiger partial charge in [0.15, 0.2) is 5.15 Å². The van der Waals surface area contributed by atoms with Crippen LogP contribution in [0.1, 0.15) is 5.56 Å². The molecule has 1 heterocycles. The van der Waals surface area contributed by atoms with E-state index >= 15 is 0 Å². The minimum atomic E-state index is 0.297. The maximum Gasteiger partial charge on any atom is 0.234 e. The molecule has 1 aromatic carbocycles. The Labute approximate surface area is 107 Å². The molecule has 0 aliphatic rings. The standard InChI is InChI=1S/C11H8BrClN2O/c12-10-11(13)15-9(6-14-10)16-7-8-4-2-1-3-5-8/h1-6H,7H2. The maximum absolute atomic E-state index is 5.80. The molecule has 0 aliphatic heterocycles. The molecule has 0 aliphatic carbocycles. The first-order valence-corrected chi connectivity index (χ1v) is 5.77. The Hall–Kier alpha value is -1.13. The monoisotopic (exact) mass is 298 g/mol. The van der Waals surface area contributed by atoms with Crippen LogP contribution in [0.4, 0.5) is 0 Å². The minimum Gasteiger partial charge on any atom is -0.472 e. The molecule has 3 nitrogen and oxygen atoms in total. The fraction of sp³-hybridized carbons (Fsp3) is 0.0909. The van der Waals surface area contributed by atoms with E-state index in [1.54, 1.807) is 0 Å². The van der Waals surface area contributed by atoms with Crippen LogP contribution in [0, 0.1) is 0 Å². The highest BCUT2D eigenvalue weighted by atomic mass is 79.9. The predicted molar refractivity (Wildman–Crippen MR) is 65.5 cm³/mol. The molecule has 2 rings (SSSR count). The summed E-state index contributed by atoms with van der Waals surface area (Å²) in [6, 6.07) is 9.83. The van der Waals surface area contributed by atoms with Crippen molar-refractivity contribution in [3.63, 3.8) is 0 Å². The molecule has 0 spiro atoms. The van der Waals surface area contributed by atoms with Crippen molar-refractivity contribution in [3.05, 3.63) is 51.8 Å². The zero-order valence-electron chi connectivity index (χ0n) is 8.23. The molecule has 0 atom stereocenters. The lowest BCUT2D eigenvalue weighted by atomic mass is 10.2. The number of hydrogen-bond acceptors (Lipinski definition) is 3.